The molecular formula is C20H23FN6O2. The Bertz CT molecular complexity index is 1090. The molecule has 3 aromatic rings. The van der Waals surface area contributed by atoms with Gasteiger partial charge in [0.25, 0.3) is 5.91 Å². The number of halogens is 1. The maximum atomic E-state index is 13.2. The van der Waals surface area contributed by atoms with Crippen molar-refractivity contribution in [1.82, 2.24) is 24.6 Å². The molecule has 0 fully saturated rings. The number of nitrogens with zero attached hydrogens (tertiary/aromatic N) is 5. The molecule has 4 rings (SSSR count). The Hall–Kier alpha value is -3.36. The van der Waals surface area contributed by atoms with E-state index in [2.05, 4.69) is 15.6 Å². The zero-order valence-corrected chi connectivity index (χ0v) is 16.6. The van der Waals surface area contributed by atoms with E-state index >= 15 is 0 Å². The minimum atomic E-state index is -0.491. The van der Waals surface area contributed by atoms with E-state index in [-0.39, 0.29) is 19.0 Å². The summed E-state index contributed by atoms with van der Waals surface area (Å²) < 4.78 is 16.7. The summed E-state index contributed by atoms with van der Waals surface area (Å²) in [6.45, 7) is 1.99. The molecule has 0 spiro atoms. The lowest BCUT2D eigenvalue weighted by molar-refractivity contribution is 0.0132. The number of benzene rings is 1. The predicted octanol–water partition coefficient (Wildman–Crippen LogP) is 2.36. The lowest BCUT2D eigenvalue weighted by Crippen LogP contribution is -2.37. The van der Waals surface area contributed by atoms with Crippen LogP contribution in [0, 0.1) is 6.92 Å². The van der Waals surface area contributed by atoms with Gasteiger partial charge in [0, 0.05) is 31.2 Å². The van der Waals surface area contributed by atoms with Crippen molar-refractivity contribution in [3.05, 3.63) is 53.5 Å². The van der Waals surface area contributed by atoms with Crippen LogP contribution < -0.4 is 5.32 Å². The molecule has 9 heteroatoms. The van der Waals surface area contributed by atoms with Gasteiger partial charge in [0.05, 0.1) is 18.8 Å². The van der Waals surface area contributed by atoms with Gasteiger partial charge in [-0.3, -0.25) is 9.48 Å². The van der Waals surface area contributed by atoms with Crippen LogP contribution in [0.2, 0.25) is 0 Å². The highest BCUT2D eigenvalue weighted by Crippen LogP contribution is 2.32. The van der Waals surface area contributed by atoms with Gasteiger partial charge < -0.3 is 19.6 Å². The number of hydrogen-bond acceptors (Lipinski definition) is 5. The molecular weight excluding hydrogens is 375 g/mol. The highest BCUT2D eigenvalue weighted by Gasteiger charge is 2.32. The molecule has 152 valence electrons. The van der Waals surface area contributed by atoms with Crippen LogP contribution in [-0.2, 0) is 18.4 Å². The maximum Gasteiger partial charge on any atom is 0.272 e. The molecule has 1 amide bonds. The molecule has 0 saturated carbocycles. The SMILES string of the molecule is Cc1cccc2c1cc(C1ON=C(CNC(=O)c3ccn(C)n3)N1C)n2CCF. The second kappa shape index (κ2) is 7.57. The molecule has 1 aromatic carbocycles. The van der Waals surface area contributed by atoms with Crippen molar-refractivity contribution in [3.8, 4) is 0 Å². The van der Waals surface area contributed by atoms with Crippen molar-refractivity contribution >= 4 is 22.6 Å². The van der Waals surface area contributed by atoms with E-state index in [1.54, 1.807) is 24.0 Å². The monoisotopic (exact) mass is 398 g/mol. The van der Waals surface area contributed by atoms with Crippen molar-refractivity contribution in [2.24, 2.45) is 12.2 Å². The van der Waals surface area contributed by atoms with Gasteiger partial charge in [-0.25, -0.2) is 4.39 Å². The molecule has 2 aromatic heterocycles. The summed E-state index contributed by atoms with van der Waals surface area (Å²) in [6.07, 6.45) is 1.22. The Labute approximate surface area is 167 Å². The van der Waals surface area contributed by atoms with Gasteiger partial charge in [0.1, 0.15) is 12.4 Å². The highest BCUT2D eigenvalue weighted by atomic mass is 19.1. The lowest BCUT2D eigenvalue weighted by atomic mass is 10.1. The Balaban J connectivity index is 1.52. The molecule has 3 heterocycles. The van der Waals surface area contributed by atoms with Crippen LogP contribution in [0.5, 0.6) is 0 Å². The summed E-state index contributed by atoms with van der Waals surface area (Å²) in [6, 6.07) is 9.63. The number of amides is 1. The second-order valence-electron chi connectivity index (χ2n) is 7.05. The van der Waals surface area contributed by atoms with Crippen LogP contribution in [0.3, 0.4) is 0 Å². The van der Waals surface area contributed by atoms with Gasteiger partial charge in [-0.1, -0.05) is 17.3 Å². The lowest BCUT2D eigenvalue weighted by Gasteiger charge is -2.22. The molecule has 8 nitrogen and oxygen atoms in total. The van der Waals surface area contributed by atoms with Crippen LogP contribution in [0.25, 0.3) is 10.9 Å². The van der Waals surface area contributed by atoms with Crippen molar-refractivity contribution in [2.75, 3.05) is 20.3 Å². The number of hydrogen-bond donors (Lipinski definition) is 1. The highest BCUT2D eigenvalue weighted by molar-refractivity contribution is 5.96. The van der Waals surface area contributed by atoms with Gasteiger partial charge >= 0.3 is 0 Å². The molecule has 0 radical (unpaired) electrons. The van der Waals surface area contributed by atoms with E-state index in [1.165, 1.54) is 0 Å². The van der Waals surface area contributed by atoms with Crippen molar-refractivity contribution in [1.29, 1.82) is 0 Å². The summed E-state index contributed by atoms with van der Waals surface area (Å²) in [4.78, 5) is 19.7. The fraction of sp³-hybridized carbons (Fsp3) is 0.350. The maximum absolute atomic E-state index is 13.2. The number of carbonyl (C=O) groups excluding carboxylic acids is 1. The zero-order valence-electron chi connectivity index (χ0n) is 16.6. The first-order valence-corrected chi connectivity index (χ1v) is 9.37. The summed E-state index contributed by atoms with van der Waals surface area (Å²) in [5.41, 5.74) is 3.24. The molecule has 1 N–H and O–H groups in total. The number of rotatable bonds is 6. The Morgan fingerprint density at radius 1 is 1.31 bits per heavy atom. The number of oxime groups is 1. The smallest absolute Gasteiger partial charge is 0.272 e. The summed E-state index contributed by atoms with van der Waals surface area (Å²) >= 11 is 0. The van der Waals surface area contributed by atoms with Crippen LogP contribution in [0.1, 0.15) is 28.0 Å². The number of carbonyl (C=O) groups is 1. The van der Waals surface area contributed by atoms with Crippen molar-refractivity contribution in [2.45, 2.75) is 19.7 Å². The average Bonchev–Trinajstić information content (AvgIpc) is 3.39. The van der Waals surface area contributed by atoms with E-state index in [9.17, 15) is 9.18 Å². The number of amidine groups is 1. The number of fused-ring (bicyclic) bond motifs is 1. The van der Waals surface area contributed by atoms with E-state index in [1.807, 2.05) is 47.7 Å². The standard InChI is InChI=1S/C20H23FN6O2/c1-13-5-4-6-16-14(13)11-17(27(16)10-8-21)20-26(3)18(24-29-20)12-22-19(28)15-7-9-25(2)23-15/h4-7,9,11,20H,8,10,12H2,1-3H3,(H,22,28). The number of alkyl halides is 1. The molecule has 1 aliphatic rings. The van der Waals surface area contributed by atoms with Crippen molar-refractivity contribution < 1.29 is 14.0 Å². The molecule has 1 atom stereocenters. The molecule has 29 heavy (non-hydrogen) atoms. The molecule has 0 saturated heterocycles. The average molecular weight is 398 g/mol. The summed E-state index contributed by atoms with van der Waals surface area (Å²) in [5.74, 6) is 0.292. The van der Waals surface area contributed by atoms with Gasteiger partial charge in [-0.15, -0.1) is 0 Å². The Morgan fingerprint density at radius 2 is 2.14 bits per heavy atom. The van der Waals surface area contributed by atoms with Crippen LogP contribution in [0.4, 0.5) is 4.39 Å². The second-order valence-corrected chi connectivity index (χ2v) is 7.05. The van der Waals surface area contributed by atoms with Gasteiger partial charge in [0.15, 0.2) is 5.84 Å². The van der Waals surface area contributed by atoms with Gasteiger partial charge in [-0.2, -0.15) is 5.10 Å². The first kappa shape index (κ1) is 19.0. The van der Waals surface area contributed by atoms with E-state index in [0.29, 0.717) is 11.5 Å². The quantitative estimate of drug-likeness (QED) is 0.692. The molecule has 0 bridgehead atoms. The normalized spacial score (nSPS) is 16.2. The predicted molar refractivity (Wildman–Crippen MR) is 107 cm³/mol. The van der Waals surface area contributed by atoms with Crippen LogP contribution in [-0.4, -0.2) is 51.3 Å². The minimum Gasteiger partial charge on any atom is -0.362 e. The number of aromatic nitrogens is 3. The largest absolute Gasteiger partial charge is 0.362 e. The number of aryl methyl sites for hydroxylation is 3. The van der Waals surface area contributed by atoms with E-state index in [4.69, 9.17) is 4.84 Å². The van der Waals surface area contributed by atoms with Gasteiger partial charge in [-0.05, 0) is 30.7 Å². The topological polar surface area (TPSA) is 76.7 Å². The molecule has 1 unspecified atom stereocenters. The first-order chi connectivity index (χ1) is 14.0. The molecule has 0 aliphatic carbocycles. The summed E-state index contributed by atoms with van der Waals surface area (Å²) in [7, 11) is 3.59. The summed E-state index contributed by atoms with van der Waals surface area (Å²) in [5, 5.41) is 12.1. The zero-order chi connectivity index (χ0) is 20.5. The Morgan fingerprint density at radius 3 is 2.86 bits per heavy atom. The van der Waals surface area contributed by atoms with Crippen LogP contribution >= 0.6 is 0 Å². The van der Waals surface area contributed by atoms with Gasteiger partial charge in [0.2, 0.25) is 6.23 Å². The van der Waals surface area contributed by atoms with E-state index < -0.39 is 12.9 Å². The Kier molecular flexibility index (Phi) is 4.96. The fourth-order valence-electron chi connectivity index (χ4n) is 3.57. The van der Waals surface area contributed by atoms with Crippen molar-refractivity contribution in [3.63, 3.8) is 0 Å². The number of nitrogens with one attached hydrogen (secondary N) is 1. The van der Waals surface area contributed by atoms with Crippen LogP contribution in [0.15, 0.2) is 41.7 Å². The first-order valence-electron chi connectivity index (χ1n) is 9.37. The third-order valence-electron chi connectivity index (χ3n) is 5.13. The van der Waals surface area contributed by atoms with E-state index in [0.717, 1.165) is 22.2 Å². The third kappa shape index (κ3) is 3.43. The molecule has 1 aliphatic heterocycles. The minimum absolute atomic E-state index is 0.199. The third-order valence-corrected chi connectivity index (χ3v) is 5.13. The number of likely N-dealkylation sites (N-methyl/N-ethyl adjacent to an activating group) is 1. The fourth-order valence-corrected chi connectivity index (χ4v) is 3.57.